The van der Waals surface area contributed by atoms with Crippen LogP contribution in [0.1, 0.15) is 24.3 Å². The number of carbonyl (C=O) groups excluding carboxylic acids is 2. The fraction of sp³-hybridized carbons (Fsp3) is 0.400. The first kappa shape index (κ1) is 11.7. The third-order valence-electron chi connectivity index (χ3n) is 1.98. The van der Waals surface area contributed by atoms with Crippen molar-refractivity contribution in [2.24, 2.45) is 0 Å². The average Bonchev–Trinajstić information content (AvgIpc) is 2.31. The van der Waals surface area contributed by atoms with Gasteiger partial charge in [0.1, 0.15) is 5.00 Å². The summed E-state index contributed by atoms with van der Waals surface area (Å²) in [5, 5.41) is 6.13. The fourth-order valence-corrected chi connectivity index (χ4v) is 2.26. The molecule has 4 nitrogen and oxygen atoms in total. The van der Waals surface area contributed by atoms with Gasteiger partial charge in [-0.2, -0.15) is 0 Å². The Morgan fingerprint density at radius 3 is 2.07 bits per heavy atom. The van der Waals surface area contributed by atoms with Crippen LogP contribution in [0.3, 0.4) is 0 Å². The molecule has 0 aromatic carbocycles. The molecule has 0 radical (unpaired) electrons. The summed E-state index contributed by atoms with van der Waals surface area (Å²) >= 11 is 1.46. The van der Waals surface area contributed by atoms with Gasteiger partial charge >= 0.3 is 0 Å². The summed E-state index contributed by atoms with van der Waals surface area (Å²) in [6, 6.07) is 0. The number of amides is 2. The van der Waals surface area contributed by atoms with Crippen molar-refractivity contribution in [1.82, 2.24) is 0 Å². The quantitative estimate of drug-likeness (QED) is 0.812. The summed E-state index contributed by atoms with van der Waals surface area (Å²) in [6.45, 7) is 6.77. The maximum absolute atomic E-state index is 11.0. The van der Waals surface area contributed by atoms with E-state index in [-0.39, 0.29) is 11.8 Å². The van der Waals surface area contributed by atoms with Gasteiger partial charge in [0, 0.05) is 18.7 Å². The normalized spacial score (nSPS) is 9.87. The number of nitrogens with one attached hydrogen (secondary N) is 2. The maximum atomic E-state index is 11.0. The van der Waals surface area contributed by atoms with Crippen molar-refractivity contribution in [3.8, 4) is 0 Å². The molecule has 2 N–H and O–H groups in total. The van der Waals surface area contributed by atoms with Crippen LogP contribution < -0.4 is 10.6 Å². The molecule has 5 heteroatoms. The standard InChI is InChI=1S/C10H14N2O2S/c1-5-6(2)15-10(12-8(4)14)9(5)11-7(3)13/h1-4H3,(H,11,13)(H,12,14). The Balaban J connectivity index is 3.08. The number of hydrogen-bond acceptors (Lipinski definition) is 3. The van der Waals surface area contributed by atoms with Crippen LogP contribution in [0.5, 0.6) is 0 Å². The molecule has 0 unspecified atom stereocenters. The van der Waals surface area contributed by atoms with Gasteiger partial charge in [-0.1, -0.05) is 0 Å². The highest BCUT2D eigenvalue weighted by atomic mass is 32.1. The van der Waals surface area contributed by atoms with E-state index in [0.29, 0.717) is 10.7 Å². The van der Waals surface area contributed by atoms with E-state index in [1.54, 1.807) is 0 Å². The van der Waals surface area contributed by atoms with Gasteiger partial charge in [-0.25, -0.2) is 0 Å². The Morgan fingerprint density at radius 2 is 1.60 bits per heavy atom. The van der Waals surface area contributed by atoms with E-state index in [2.05, 4.69) is 10.6 Å². The summed E-state index contributed by atoms with van der Waals surface area (Å²) in [7, 11) is 0. The highest BCUT2D eigenvalue weighted by molar-refractivity contribution is 7.17. The van der Waals surface area contributed by atoms with Gasteiger partial charge < -0.3 is 10.6 Å². The van der Waals surface area contributed by atoms with E-state index < -0.39 is 0 Å². The van der Waals surface area contributed by atoms with Crippen molar-refractivity contribution in [3.63, 3.8) is 0 Å². The van der Waals surface area contributed by atoms with Crippen LogP contribution in [-0.2, 0) is 9.59 Å². The van der Waals surface area contributed by atoms with Gasteiger partial charge in [0.15, 0.2) is 0 Å². The Labute approximate surface area is 92.7 Å². The van der Waals surface area contributed by atoms with Crippen molar-refractivity contribution < 1.29 is 9.59 Å². The van der Waals surface area contributed by atoms with Crippen LogP contribution in [-0.4, -0.2) is 11.8 Å². The molecule has 0 saturated carbocycles. The molecule has 1 aromatic rings. The molecule has 0 spiro atoms. The van der Waals surface area contributed by atoms with Crippen LogP contribution in [0, 0.1) is 13.8 Å². The zero-order valence-corrected chi connectivity index (χ0v) is 10.0. The number of rotatable bonds is 2. The first-order valence-electron chi connectivity index (χ1n) is 4.57. The smallest absolute Gasteiger partial charge is 0.221 e. The lowest BCUT2D eigenvalue weighted by atomic mass is 10.2. The monoisotopic (exact) mass is 226 g/mol. The molecule has 82 valence electrons. The van der Waals surface area contributed by atoms with E-state index >= 15 is 0 Å². The lowest BCUT2D eigenvalue weighted by Crippen LogP contribution is -2.10. The molecular formula is C10H14N2O2S. The summed E-state index contributed by atoms with van der Waals surface area (Å²) in [5.41, 5.74) is 1.71. The molecular weight excluding hydrogens is 212 g/mol. The molecule has 0 aliphatic heterocycles. The van der Waals surface area contributed by atoms with E-state index in [9.17, 15) is 9.59 Å². The Kier molecular flexibility index (Phi) is 3.47. The summed E-state index contributed by atoms with van der Waals surface area (Å²) in [4.78, 5) is 23.0. The molecule has 15 heavy (non-hydrogen) atoms. The molecule has 0 fully saturated rings. The number of aryl methyl sites for hydroxylation is 1. The van der Waals surface area contributed by atoms with E-state index in [1.165, 1.54) is 25.2 Å². The third kappa shape index (κ3) is 2.79. The number of anilines is 2. The second kappa shape index (κ2) is 4.44. The van der Waals surface area contributed by atoms with Crippen molar-refractivity contribution >= 4 is 33.8 Å². The third-order valence-corrected chi connectivity index (χ3v) is 3.10. The Morgan fingerprint density at radius 1 is 1.07 bits per heavy atom. The number of thiophene rings is 1. The highest BCUT2D eigenvalue weighted by Gasteiger charge is 2.14. The molecule has 0 atom stereocenters. The van der Waals surface area contributed by atoms with Crippen LogP contribution in [0.2, 0.25) is 0 Å². The SMILES string of the molecule is CC(=O)Nc1sc(C)c(C)c1NC(C)=O. The minimum atomic E-state index is -0.137. The van der Waals surface area contributed by atoms with Crippen LogP contribution in [0.15, 0.2) is 0 Å². The molecule has 0 aliphatic carbocycles. The van der Waals surface area contributed by atoms with Gasteiger partial charge in [0.25, 0.3) is 0 Å². The molecule has 0 bridgehead atoms. The van der Waals surface area contributed by atoms with E-state index in [4.69, 9.17) is 0 Å². The fourth-order valence-electron chi connectivity index (χ4n) is 1.20. The molecule has 0 aliphatic rings. The zero-order valence-electron chi connectivity index (χ0n) is 9.22. The minimum absolute atomic E-state index is 0.136. The summed E-state index contributed by atoms with van der Waals surface area (Å²) in [6.07, 6.45) is 0. The van der Waals surface area contributed by atoms with Crippen molar-refractivity contribution in [2.45, 2.75) is 27.7 Å². The van der Waals surface area contributed by atoms with Gasteiger partial charge in [0.2, 0.25) is 11.8 Å². The van der Waals surface area contributed by atoms with Crippen molar-refractivity contribution in [3.05, 3.63) is 10.4 Å². The van der Waals surface area contributed by atoms with Gasteiger partial charge in [0.05, 0.1) is 5.69 Å². The molecule has 1 aromatic heterocycles. The molecule has 1 heterocycles. The Bertz CT molecular complexity index is 410. The second-order valence-electron chi connectivity index (χ2n) is 3.35. The van der Waals surface area contributed by atoms with Gasteiger partial charge in [-0.3, -0.25) is 9.59 Å². The maximum Gasteiger partial charge on any atom is 0.221 e. The molecule has 0 saturated heterocycles. The predicted molar refractivity (Wildman–Crippen MR) is 62.4 cm³/mol. The van der Waals surface area contributed by atoms with Gasteiger partial charge in [-0.05, 0) is 19.4 Å². The summed E-state index contributed by atoms with van der Waals surface area (Å²) in [5.74, 6) is -0.273. The number of carbonyl (C=O) groups is 2. The lowest BCUT2D eigenvalue weighted by Gasteiger charge is -2.05. The second-order valence-corrected chi connectivity index (χ2v) is 4.57. The van der Waals surface area contributed by atoms with Crippen LogP contribution in [0.25, 0.3) is 0 Å². The predicted octanol–water partition coefficient (Wildman–Crippen LogP) is 2.28. The zero-order chi connectivity index (χ0) is 11.6. The van der Waals surface area contributed by atoms with Crippen molar-refractivity contribution in [1.29, 1.82) is 0 Å². The highest BCUT2D eigenvalue weighted by Crippen LogP contribution is 2.37. The first-order valence-corrected chi connectivity index (χ1v) is 5.38. The topological polar surface area (TPSA) is 58.2 Å². The van der Waals surface area contributed by atoms with E-state index in [1.807, 2.05) is 13.8 Å². The molecule has 2 amide bonds. The molecule has 1 rings (SSSR count). The summed E-state index contributed by atoms with van der Waals surface area (Å²) < 4.78 is 0. The van der Waals surface area contributed by atoms with Gasteiger partial charge in [-0.15, -0.1) is 11.3 Å². The van der Waals surface area contributed by atoms with E-state index in [0.717, 1.165) is 10.4 Å². The van der Waals surface area contributed by atoms with Crippen molar-refractivity contribution in [2.75, 3.05) is 10.6 Å². The average molecular weight is 226 g/mol. The largest absolute Gasteiger partial charge is 0.324 e. The first-order chi connectivity index (χ1) is 6.91. The number of hydrogen-bond donors (Lipinski definition) is 2. The van der Waals surface area contributed by atoms with Crippen LogP contribution >= 0.6 is 11.3 Å². The lowest BCUT2D eigenvalue weighted by molar-refractivity contribution is -0.115. The Hall–Kier alpha value is -1.36. The minimum Gasteiger partial charge on any atom is -0.324 e. The van der Waals surface area contributed by atoms with Crippen LogP contribution in [0.4, 0.5) is 10.7 Å².